The number of nitrogens with zero attached hydrogens (tertiary/aromatic N) is 1. The monoisotopic (exact) mass is 461 g/mol. The predicted molar refractivity (Wildman–Crippen MR) is 121 cm³/mol. The van der Waals surface area contributed by atoms with Gasteiger partial charge in [-0.15, -0.1) is 0 Å². The van der Waals surface area contributed by atoms with Crippen LogP contribution in [0.15, 0.2) is 41.3 Å². The Bertz CT molecular complexity index is 1120. The fraction of sp³-hybridized carbons (Fsp3) is 0.364. The molecule has 0 unspecified atom stereocenters. The molecule has 2 N–H and O–H groups in total. The normalized spacial score (nSPS) is 12.9. The van der Waals surface area contributed by atoms with Gasteiger partial charge in [0.2, 0.25) is 21.8 Å². The van der Waals surface area contributed by atoms with Crippen molar-refractivity contribution >= 4 is 33.2 Å². The van der Waals surface area contributed by atoms with Crippen LogP contribution in [-0.4, -0.2) is 47.5 Å². The van der Waals surface area contributed by atoms with Crippen molar-refractivity contribution in [2.24, 2.45) is 0 Å². The van der Waals surface area contributed by atoms with Gasteiger partial charge >= 0.3 is 0 Å². The van der Waals surface area contributed by atoms with Crippen LogP contribution in [-0.2, 0) is 26.0 Å². The van der Waals surface area contributed by atoms with E-state index in [4.69, 9.17) is 9.47 Å². The van der Waals surface area contributed by atoms with Gasteiger partial charge in [0, 0.05) is 43.4 Å². The highest BCUT2D eigenvalue weighted by Gasteiger charge is 2.25. The van der Waals surface area contributed by atoms with E-state index in [0.717, 1.165) is 11.3 Å². The first-order valence-electron chi connectivity index (χ1n) is 10.2. The van der Waals surface area contributed by atoms with Crippen LogP contribution in [0, 0.1) is 0 Å². The zero-order valence-corrected chi connectivity index (χ0v) is 19.1. The topological polar surface area (TPSA) is 114 Å². The number of methoxy groups -OCH3 is 2. The number of rotatable bonds is 9. The minimum Gasteiger partial charge on any atom is -0.493 e. The second-order valence-electron chi connectivity index (χ2n) is 7.21. The third-order valence-electron chi connectivity index (χ3n) is 5.17. The smallest absolute Gasteiger partial charge is 0.240 e. The predicted octanol–water partition coefficient (Wildman–Crippen LogP) is 2.31. The van der Waals surface area contributed by atoms with Crippen LogP contribution in [0.1, 0.15) is 25.3 Å². The maximum atomic E-state index is 12.6. The lowest BCUT2D eigenvalue weighted by Gasteiger charge is -2.16. The molecule has 0 aliphatic carbocycles. The molecule has 0 aromatic heterocycles. The molecule has 32 heavy (non-hydrogen) atoms. The number of benzene rings is 2. The van der Waals surface area contributed by atoms with Gasteiger partial charge in [-0.3, -0.25) is 9.59 Å². The van der Waals surface area contributed by atoms with E-state index in [-0.39, 0.29) is 29.7 Å². The zero-order valence-electron chi connectivity index (χ0n) is 18.3. The largest absolute Gasteiger partial charge is 0.493 e. The molecule has 0 spiro atoms. The molecule has 0 fully saturated rings. The first-order valence-corrected chi connectivity index (χ1v) is 11.7. The summed E-state index contributed by atoms with van der Waals surface area (Å²) in [5.74, 6) is 0.678. The molecule has 9 nitrogen and oxygen atoms in total. The van der Waals surface area contributed by atoms with E-state index in [1.807, 2.05) is 0 Å². The fourth-order valence-corrected chi connectivity index (χ4v) is 4.60. The van der Waals surface area contributed by atoms with Crippen molar-refractivity contribution < 1.29 is 27.5 Å². The first kappa shape index (κ1) is 23.6. The third kappa shape index (κ3) is 5.20. The Hall–Kier alpha value is -3.11. The second kappa shape index (κ2) is 10.0. The summed E-state index contributed by atoms with van der Waals surface area (Å²) in [5, 5.41) is 2.70. The molecule has 0 bridgehead atoms. The molecule has 1 aliphatic rings. The summed E-state index contributed by atoms with van der Waals surface area (Å²) in [7, 11) is -0.769. The fourth-order valence-electron chi connectivity index (χ4n) is 3.51. The van der Waals surface area contributed by atoms with Crippen LogP contribution in [0.2, 0.25) is 0 Å². The lowest BCUT2D eigenvalue weighted by molar-refractivity contribution is -0.118. The second-order valence-corrected chi connectivity index (χ2v) is 8.97. The third-order valence-corrected chi connectivity index (χ3v) is 6.63. The minimum atomic E-state index is -3.78. The molecule has 0 radical (unpaired) electrons. The van der Waals surface area contributed by atoms with Gasteiger partial charge in [0.15, 0.2) is 11.5 Å². The molecule has 2 aromatic rings. The molecular formula is C22H27N3O6S. The number of fused-ring (bicyclic) bond motifs is 1. The summed E-state index contributed by atoms with van der Waals surface area (Å²) in [6, 6.07) is 9.68. The average Bonchev–Trinajstić information content (AvgIpc) is 3.21. The van der Waals surface area contributed by atoms with Gasteiger partial charge in [0.25, 0.3) is 0 Å². The Morgan fingerprint density at radius 2 is 1.81 bits per heavy atom. The molecule has 0 saturated heterocycles. The number of nitrogens with one attached hydrogen (secondary N) is 2. The Morgan fingerprint density at radius 3 is 2.50 bits per heavy atom. The highest BCUT2D eigenvalue weighted by molar-refractivity contribution is 7.89. The van der Waals surface area contributed by atoms with E-state index in [1.54, 1.807) is 42.2 Å². The average molecular weight is 462 g/mol. The van der Waals surface area contributed by atoms with Gasteiger partial charge < -0.3 is 19.7 Å². The minimum absolute atomic E-state index is 0.0120. The number of amides is 2. The molecule has 0 atom stereocenters. The lowest BCUT2D eigenvalue weighted by Crippen LogP contribution is -2.28. The van der Waals surface area contributed by atoms with Gasteiger partial charge in [0.1, 0.15) is 0 Å². The van der Waals surface area contributed by atoms with Gasteiger partial charge in [-0.25, -0.2) is 13.1 Å². The Balaban J connectivity index is 1.58. The Kier molecular flexibility index (Phi) is 7.37. The van der Waals surface area contributed by atoms with Crippen LogP contribution in [0.3, 0.4) is 0 Å². The van der Waals surface area contributed by atoms with Crippen LogP contribution < -0.4 is 24.4 Å². The molecule has 3 rings (SSSR count). The lowest BCUT2D eigenvalue weighted by atomic mass is 10.2. The molecule has 10 heteroatoms. The van der Waals surface area contributed by atoms with Crippen molar-refractivity contribution in [2.45, 2.75) is 31.1 Å². The number of hydrogen-bond acceptors (Lipinski definition) is 6. The van der Waals surface area contributed by atoms with Gasteiger partial charge in [-0.05, 0) is 42.3 Å². The number of ether oxygens (including phenoxy) is 2. The summed E-state index contributed by atoms with van der Waals surface area (Å²) in [4.78, 5) is 26.0. The molecule has 2 aromatic carbocycles. The summed E-state index contributed by atoms with van der Waals surface area (Å²) < 4.78 is 38.1. The summed E-state index contributed by atoms with van der Waals surface area (Å²) in [5.41, 5.74) is 2.09. The van der Waals surface area contributed by atoms with Crippen molar-refractivity contribution in [3.8, 4) is 11.5 Å². The van der Waals surface area contributed by atoms with Crippen LogP contribution in [0.4, 0.5) is 11.4 Å². The van der Waals surface area contributed by atoms with Crippen LogP contribution in [0.5, 0.6) is 11.5 Å². The molecular weight excluding hydrogens is 434 g/mol. The number of anilines is 2. The van der Waals surface area contributed by atoms with E-state index < -0.39 is 10.0 Å². The van der Waals surface area contributed by atoms with Crippen molar-refractivity contribution in [1.29, 1.82) is 0 Å². The van der Waals surface area contributed by atoms with Crippen LogP contribution in [0.25, 0.3) is 0 Å². The quantitative estimate of drug-likeness (QED) is 0.592. The highest BCUT2D eigenvalue weighted by Crippen LogP contribution is 2.31. The van der Waals surface area contributed by atoms with E-state index >= 15 is 0 Å². The Morgan fingerprint density at radius 1 is 1.06 bits per heavy atom. The zero-order chi connectivity index (χ0) is 23.3. The molecule has 1 aliphatic heterocycles. The number of hydrogen-bond donors (Lipinski definition) is 2. The molecule has 2 amide bonds. The van der Waals surface area contributed by atoms with E-state index in [2.05, 4.69) is 10.0 Å². The highest BCUT2D eigenvalue weighted by atomic mass is 32.2. The molecule has 0 saturated carbocycles. The van der Waals surface area contributed by atoms with Crippen molar-refractivity contribution in [1.82, 2.24) is 4.72 Å². The van der Waals surface area contributed by atoms with Crippen LogP contribution >= 0.6 is 0 Å². The van der Waals surface area contributed by atoms with Crippen molar-refractivity contribution in [3.63, 3.8) is 0 Å². The standard InChI is InChI=1S/C22H27N3O6S/c1-4-22(27)25-12-10-15-13-17(6-7-18(15)25)32(28,29)23-11-9-21(26)24-16-5-8-19(30-2)20(14-16)31-3/h5-8,13-14,23H,4,9-12H2,1-3H3,(H,24,26). The summed E-state index contributed by atoms with van der Waals surface area (Å²) in [6.07, 6.45) is 0.960. The van der Waals surface area contributed by atoms with Gasteiger partial charge in [0.05, 0.1) is 19.1 Å². The van der Waals surface area contributed by atoms with Crippen molar-refractivity contribution in [3.05, 3.63) is 42.0 Å². The van der Waals surface area contributed by atoms with E-state index in [9.17, 15) is 18.0 Å². The van der Waals surface area contributed by atoms with E-state index in [1.165, 1.54) is 20.3 Å². The van der Waals surface area contributed by atoms with Gasteiger partial charge in [-0.2, -0.15) is 0 Å². The number of sulfonamides is 1. The summed E-state index contributed by atoms with van der Waals surface area (Å²) >= 11 is 0. The number of carbonyl (C=O) groups is 2. The number of carbonyl (C=O) groups excluding carboxylic acids is 2. The molecule has 172 valence electrons. The Labute approximate surface area is 187 Å². The molecule has 1 heterocycles. The maximum Gasteiger partial charge on any atom is 0.240 e. The first-order chi connectivity index (χ1) is 15.3. The van der Waals surface area contributed by atoms with Crippen molar-refractivity contribution in [2.75, 3.05) is 37.5 Å². The summed E-state index contributed by atoms with van der Waals surface area (Å²) in [6.45, 7) is 2.29. The maximum absolute atomic E-state index is 12.6. The van der Waals surface area contributed by atoms with Gasteiger partial charge in [-0.1, -0.05) is 6.92 Å². The van der Waals surface area contributed by atoms with E-state index in [0.29, 0.717) is 36.6 Å². The SMILES string of the molecule is CCC(=O)N1CCc2cc(S(=O)(=O)NCCC(=O)Nc3ccc(OC)c(OC)c3)ccc21.